The van der Waals surface area contributed by atoms with E-state index in [-0.39, 0.29) is 0 Å². The second-order valence-electron chi connectivity index (χ2n) is 7.67. The summed E-state index contributed by atoms with van der Waals surface area (Å²) in [4.78, 5) is 22.8. The molecule has 0 fully saturated rings. The van der Waals surface area contributed by atoms with E-state index in [1.807, 2.05) is 24.3 Å². The van der Waals surface area contributed by atoms with Crippen molar-refractivity contribution in [3.05, 3.63) is 135 Å². The minimum absolute atomic E-state index is 0.928. The number of aryl methyl sites for hydroxylation is 1. The Hall–Kier alpha value is -3.92. The zero-order chi connectivity index (χ0) is 22.8. The molecule has 0 unspecified atom stereocenters. The molecule has 0 saturated carbocycles. The number of rotatable bonds is 5. The first-order valence-electron chi connectivity index (χ1n) is 10.5. The van der Waals surface area contributed by atoms with Gasteiger partial charge in [-0.05, 0) is 78.5 Å². The Bertz CT molecular complexity index is 1120. The van der Waals surface area contributed by atoms with Crippen molar-refractivity contribution in [1.29, 1.82) is 0 Å². The number of allylic oxidation sites excluding steroid dienone is 4. The van der Waals surface area contributed by atoms with Crippen LogP contribution in [-0.2, 0) is 12.8 Å². The monoisotopic (exact) mass is 422 g/mol. The largest absolute Gasteiger partial charge is 0.289 e. The summed E-state index contributed by atoms with van der Waals surface area (Å²) in [6.45, 7) is 2.12. The lowest BCUT2D eigenvalue weighted by atomic mass is 10.00. The van der Waals surface area contributed by atoms with Crippen molar-refractivity contribution in [2.24, 2.45) is 9.98 Å². The summed E-state index contributed by atoms with van der Waals surface area (Å²) in [5, 5.41) is 0. The topological polar surface area (TPSA) is 58.9 Å². The molecule has 0 saturated heterocycles. The first-order chi connectivity index (χ1) is 15.7. The minimum atomic E-state index is 0.928. The van der Waals surface area contributed by atoms with E-state index in [4.69, 9.17) is 9.93 Å². The molecule has 0 heterocycles. The molecular weight excluding hydrogens is 396 g/mol. The number of nitrogens with zero attached hydrogens (tertiary/aromatic N) is 2. The Kier molecular flexibility index (Phi) is 8.15. The Morgan fingerprint density at radius 1 is 0.562 bits per heavy atom. The molecule has 0 aromatic heterocycles. The standard InChI is InChI=1S/C28H26N2.O2/c1-21-3-5-22(6-4-21)19-23-7-9-24(10-8-23)20-25-11-13-27(14-12-25)30-28-17-15-26(29-2)16-18-28;1-2/h3-18H,19-20H2,1-2H3;. The maximum atomic E-state index is 7.00. The van der Waals surface area contributed by atoms with Crippen LogP contribution in [0, 0.1) is 16.9 Å². The van der Waals surface area contributed by atoms with Crippen molar-refractivity contribution in [3.8, 4) is 0 Å². The van der Waals surface area contributed by atoms with Gasteiger partial charge in [0, 0.05) is 17.0 Å². The van der Waals surface area contributed by atoms with Crippen molar-refractivity contribution in [3.63, 3.8) is 0 Å². The van der Waals surface area contributed by atoms with E-state index in [9.17, 15) is 0 Å². The maximum absolute atomic E-state index is 7.00. The molecule has 1 aliphatic carbocycles. The minimum Gasteiger partial charge on any atom is -0.289 e. The van der Waals surface area contributed by atoms with E-state index >= 15 is 0 Å². The molecule has 160 valence electrons. The fraction of sp³-hybridized carbons (Fsp3) is 0.143. The highest BCUT2D eigenvalue weighted by molar-refractivity contribution is 6.18. The maximum Gasteiger partial charge on any atom is 0.0638 e. The van der Waals surface area contributed by atoms with Gasteiger partial charge in [0.2, 0.25) is 0 Å². The molecule has 1 aliphatic rings. The molecule has 0 bridgehead atoms. The van der Waals surface area contributed by atoms with E-state index < -0.39 is 0 Å². The third-order valence-electron chi connectivity index (χ3n) is 5.26. The molecule has 0 spiro atoms. The first-order valence-corrected chi connectivity index (χ1v) is 10.5. The Balaban J connectivity index is 0.00000141. The average molecular weight is 423 g/mol. The lowest BCUT2D eigenvalue weighted by Crippen LogP contribution is -1.99. The zero-order valence-corrected chi connectivity index (χ0v) is 18.4. The molecule has 4 nitrogen and oxygen atoms in total. The molecule has 3 aromatic rings. The smallest absolute Gasteiger partial charge is 0.0638 e. The highest BCUT2D eigenvalue weighted by Crippen LogP contribution is 2.18. The van der Waals surface area contributed by atoms with Crippen LogP contribution in [-0.4, -0.2) is 18.5 Å². The van der Waals surface area contributed by atoms with E-state index in [1.54, 1.807) is 7.05 Å². The second-order valence-corrected chi connectivity index (χ2v) is 7.67. The molecule has 3 aromatic carbocycles. The van der Waals surface area contributed by atoms with E-state index in [2.05, 4.69) is 89.7 Å². The first kappa shape index (κ1) is 22.8. The molecule has 0 aliphatic heterocycles. The Morgan fingerprint density at radius 2 is 0.938 bits per heavy atom. The summed E-state index contributed by atoms with van der Waals surface area (Å²) >= 11 is 0. The van der Waals surface area contributed by atoms with Crippen molar-refractivity contribution in [2.45, 2.75) is 19.8 Å². The van der Waals surface area contributed by atoms with Gasteiger partial charge in [0.15, 0.2) is 0 Å². The van der Waals surface area contributed by atoms with Crippen LogP contribution in [0.15, 0.2) is 107 Å². The molecule has 4 heteroatoms. The molecule has 0 amide bonds. The number of aliphatic imine (C=N–C) groups is 2. The molecule has 32 heavy (non-hydrogen) atoms. The third kappa shape index (κ3) is 6.54. The van der Waals surface area contributed by atoms with Crippen LogP contribution >= 0.6 is 0 Å². The van der Waals surface area contributed by atoms with Gasteiger partial charge in [-0.25, -0.2) is 4.99 Å². The normalized spacial score (nSPS) is 12.2. The van der Waals surface area contributed by atoms with Gasteiger partial charge < -0.3 is 0 Å². The van der Waals surface area contributed by atoms with Crippen LogP contribution in [0.2, 0.25) is 0 Å². The fourth-order valence-electron chi connectivity index (χ4n) is 3.47. The second kappa shape index (κ2) is 11.5. The molecular formula is C28H26N2O2. The Morgan fingerprint density at radius 3 is 1.38 bits per heavy atom. The third-order valence-corrected chi connectivity index (χ3v) is 5.26. The van der Waals surface area contributed by atoms with Crippen LogP contribution in [0.5, 0.6) is 0 Å². The van der Waals surface area contributed by atoms with E-state index in [0.717, 1.165) is 30.0 Å². The van der Waals surface area contributed by atoms with Crippen molar-refractivity contribution >= 4 is 17.1 Å². The van der Waals surface area contributed by atoms with Crippen LogP contribution in [0.25, 0.3) is 0 Å². The van der Waals surface area contributed by atoms with Gasteiger partial charge in [0.05, 0.1) is 17.1 Å². The Labute approximate surface area is 189 Å². The number of hydrogen-bond donors (Lipinski definition) is 0. The predicted octanol–water partition coefficient (Wildman–Crippen LogP) is 6.51. The van der Waals surface area contributed by atoms with E-state index in [1.165, 1.54) is 27.8 Å². The predicted molar refractivity (Wildman–Crippen MR) is 135 cm³/mol. The quantitative estimate of drug-likeness (QED) is 0.440. The van der Waals surface area contributed by atoms with Crippen molar-refractivity contribution in [1.82, 2.24) is 0 Å². The van der Waals surface area contributed by atoms with Gasteiger partial charge in [-0.2, -0.15) is 0 Å². The highest BCUT2D eigenvalue weighted by atomic mass is 16.7. The highest BCUT2D eigenvalue weighted by Gasteiger charge is 2.02. The van der Waals surface area contributed by atoms with Crippen LogP contribution < -0.4 is 0 Å². The summed E-state index contributed by atoms with van der Waals surface area (Å²) in [6.07, 6.45) is 9.86. The average Bonchev–Trinajstić information content (AvgIpc) is 2.85. The zero-order valence-electron chi connectivity index (χ0n) is 18.4. The molecule has 0 radical (unpaired) electrons. The SMILES string of the molecule is CN=C1C=CC(=Nc2ccc(Cc3ccc(Cc4ccc(C)cc4)cc3)cc2)C=C1.O=O. The summed E-state index contributed by atoms with van der Waals surface area (Å²) in [7, 11) is 1.79. The van der Waals surface area contributed by atoms with Gasteiger partial charge in [0.25, 0.3) is 0 Å². The van der Waals surface area contributed by atoms with E-state index in [0.29, 0.717) is 0 Å². The fourth-order valence-corrected chi connectivity index (χ4v) is 3.47. The van der Waals surface area contributed by atoms with Crippen molar-refractivity contribution in [2.75, 3.05) is 7.05 Å². The summed E-state index contributed by atoms with van der Waals surface area (Å²) in [6, 6.07) is 26.2. The van der Waals surface area contributed by atoms with Gasteiger partial charge in [-0.1, -0.05) is 66.2 Å². The van der Waals surface area contributed by atoms with Crippen molar-refractivity contribution < 1.29 is 0 Å². The molecule has 0 atom stereocenters. The van der Waals surface area contributed by atoms with Gasteiger partial charge in [-0.3, -0.25) is 4.99 Å². The van der Waals surface area contributed by atoms with Crippen LogP contribution in [0.1, 0.15) is 27.8 Å². The summed E-state index contributed by atoms with van der Waals surface area (Å²) in [5.41, 5.74) is 9.50. The summed E-state index contributed by atoms with van der Waals surface area (Å²) < 4.78 is 0. The number of benzene rings is 3. The molecule has 4 rings (SSSR count). The summed E-state index contributed by atoms with van der Waals surface area (Å²) in [5.74, 6) is 0. The van der Waals surface area contributed by atoms with Crippen LogP contribution in [0.3, 0.4) is 0 Å². The lowest BCUT2D eigenvalue weighted by molar-refractivity contribution is 1.15. The lowest BCUT2D eigenvalue weighted by Gasteiger charge is -2.06. The number of hydrogen-bond acceptors (Lipinski definition) is 4. The van der Waals surface area contributed by atoms with Gasteiger partial charge in [-0.15, -0.1) is 0 Å². The van der Waals surface area contributed by atoms with Gasteiger partial charge in [0.1, 0.15) is 0 Å². The molecule has 0 N–H and O–H groups in total. The van der Waals surface area contributed by atoms with Gasteiger partial charge >= 0.3 is 0 Å². The van der Waals surface area contributed by atoms with Crippen LogP contribution in [0.4, 0.5) is 5.69 Å².